The standard InChI is InChI=1S/C14H20N2OS/c1-3-15-12-6-4-11(5-7-12)13(17)16-10-14(18-2)8-9-14/h4-7,15H,3,8-10H2,1-2H3,(H,16,17). The van der Waals surface area contributed by atoms with Crippen molar-refractivity contribution in [3.05, 3.63) is 29.8 Å². The molecule has 1 amide bonds. The van der Waals surface area contributed by atoms with Gasteiger partial charge in [0.2, 0.25) is 0 Å². The Morgan fingerprint density at radius 3 is 2.50 bits per heavy atom. The summed E-state index contributed by atoms with van der Waals surface area (Å²) in [4.78, 5) is 12.0. The third kappa shape index (κ3) is 3.19. The average Bonchev–Trinajstić information content (AvgIpc) is 3.18. The summed E-state index contributed by atoms with van der Waals surface area (Å²) in [7, 11) is 0. The Balaban J connectivity index is 1.88. The number of nitrogens with one attached hydrogen (secondary N) is 2. The summed E-state index contributed by atoms with van der Waals surface area (Å²) in [6.07, 6.45) is 4.55. The van der Waals surface area contributed by atoms with Gasteiger partial charge in [0.1, 0.15) is 0 Å². The van der Waals surface area contributed by atoms with Crippen LogP contribution in [0.1, 0.15) is 30.1 Å². The summed E-state index contributed by atoms with van der Waals surface area (Å²) in [6.45, 7) is 3.72. The van der Waals surface area contributed by atoms with Gasteiger partial charge < -0.3 is 10.6 Å². The Bertz CT molecular complexity index is 412. The molecule has 1 saturated carbocycles. The Morgan fingerprint density at radius 1 is 1.33 bits per heavy atom. The maximum atomic E-state index is 12.0. The second-order valence-corrected chi connectivity index (χ2v) is 5.95. The summed E-state index contributed by atoms with van der Waals surface area (Å²) in [6, 6.07) is 7.62. The SMILES string of the molecule is CCNc1ccc(C(=O)NCC2(SC)CC2)cc1. The zero-order valence-electron chi connectivity index (χ0n) is 11.0. The fourth-order valence-corrected chi connectivity index (χ4v) is 2.61. The number of carbonyl (C=O) groups is 1. The molecule has 0 unspecified atom stereocenters. The quantitative estimate of drug-likeness (QED) is 0.830. The Morgan fingerprint density at radius 2 is 2.00 bits per heavy atom. The molecule has 1 aromatic carbocycles. The predicted molar refractivity (Wildman–Crippen MR) is 78.4 cm³/mol. The molecular weight excluding hydrogens is 244 g/mol. The minimum atomic E-state index is 0.0263. The van der Waals surface area contributed by atoms with Crippen LogP contribution >= 0.6 is 11.8 Å². The molecule has 0 radical (unpaired) electrons. The number of benzene rings is 1. The van der Waals surface area contributed by atoms with Crippen LogP contribution in [0.5, 0.6) is 0 Å². The van der Waals surface area contributed by atoms with Gasteiger partial charge in [-0.3, -0.25) is 4.79 Å². The number of hydrogen-bond acceptors (Lipinski definition) is 3. The summed E-state index contributed by atoms with van der Waals surface area (Å²) >= 11 is 1.86. The van der Waals surface area contributed by atoms with Gasteiger partial charge in [-0.2, -0.15) is 11.8 Å². The molecule has 1 aromatic rings. The molecular formula is C14H20N2OS. The lowest BCUT2D eigenvalue weighted by Gasteiger charge is -2.13. The number of amides is 1. The second-order valence-electron chi connectivity index (χ2n) is 4.68. The van der Waals surface area contributed by atoms with E-state index >= 15 is 0 Å². The normalized spacial score (nSPS) is 16.1. The van der Waals surface area contributed by atoms with E-state index in [9.17, 15) is 4.79 Å². The molecule has 0 saturated heterocycles. The van der Waals surface area contributed by atoms with Crippen LogP contribution in [-0.4, -0.2) is 30.0 Å². The lowest BCUT2D eigenvalue weighted by molar-refractivity contribution is 0.0953. The number of hydrogen-bond donors (Lipinski definition) is 2. The lowest BCUT2D eigenvalue weighted by Crippen LogP contribution is -2.31. The van der Waals surface area contributed by atoms with Crippen molar-refractivity contribution in [2.45, 2.75) is 24.5 Å². The molecule has 3 nitrogen and oxygen atoms in total. The van der Waals surface area contributed by atoms with Crippen molar-refractivity contribution in [1.82, 2.24) is 5.32 Å². The molecule has 2 N–H and O–H groups in total. The van der Waals surface area contributed by atoms with Gasteiger partial charge in [0.15, 0.2) is 0 Å². The Labute approximate surface area is 113 Å². The molecule has 1 aliphatic carbocycles. The zero-order valence-corrected chi connectivity index (χ0v) is 11.8. The third-order valence-electron chi connectivity index (χ3n) is 3.34. The number of anilines is 1. The highest BCUT2D eigenvalue weighted by atomic mass is 32.2. The van der Waals surface area contributed by atoms with Crippen molar-refractivity contribution in [3.63, 3.8) is 0 Å². The molecule has 1 aliphatic rings. The largest absolute Gasteiger partial charge is 0.385 e. The summed E-state index contributed by atoms with van der Waals surface area (Å²) in [5.74, 6) is 0.0263. The summed E-state index contributed by atoms with van der Waals surface area (Å²) < 4.78 is 0.319. The molecule has 4 heteroatoms. The minimum absolute atomic E-state index is 0.0263. The second kappa shape index (κ2) is 5.65. The smallest absolute Gasteiger partial charge is 0.251 e. The van der Waals surface area contributed by atoms with Crippen molar-refractivity contribution in [3.8, 4) is 0 Å². The van der Waals surface area contributed by atoms with Gasteiger partial charge in [-0.05, 0) is 50.3 Å². The molecule has 0 atom stereocenters. The first-order valence-electron chi connectivity index (χ1n) is 6.36. The van der Waals surface area contributed by atoms with Gasteiger partial charge in [0, 0.05) is 29.1 Å². The topological polar surface area (TPSA) is 41.1 Å². The summed E-state index contributed by atoms with van der Waals surface area (Å²) in [5, 5.41) is 6.24. The van der Waals surface area contributed by atoms with Gasteiger partial charge in [0.05, 0.1) is 0 Å². The number of carbonyl (C=O) groups excluding carboxylic acids is 1. The van der Waals surface area contributed by atoms with E-state index in [0.29, 0.717) is 4.75 Å². The van der Waals surface area contributed by atoms with E-state index < -0.39 is 0 Å². The van der Waals surface area contributed by atoms with Crippen molar-refractivity contribution < 1.29 is 4.79 Å². The van der Waals surface area contributed by atoms with Crippen molar-refractivity contribution >= 4 is 23.4 Å². The van der Waals surface area contributed by atoms with E-state index in [1.54, 1.807) is 0 Å². The third-order valence-corrected chi connectivity index (χ3v) is 4.76. The van der Waals surface area contributed by atoms with Crippen LogP contribution in [0.15, 0.2) is 24.3 Å². The molecule has 0 spiro atoms. The van der Waals surface area contributed by atoms with Crippen LogP contribution in [0.25, 0.3) is 0 Å². The highest BCUT2D eigenvalue weighted by Crippen LogP contribution is 2.46. The molecule has 0 heterocycles. The highest BCUT2D eigenvalue weighted by Gasteiger charge is 2.41. The van der Waals surface area contributed by atoms with Crippen LogP contribution in [-0.2, 0) is 0 Å². The van der Waals surface area contributed by atoms with Crippen LogP contribution in [0.4, 0.5) is 5.69 Å². The average molecular weight is 264 g/mol. The maximum absolute atomic E-state index is 12.0. The van der Waals surface area contributed by atoms with E-state index in [0.717, 1.165) is 24.3 Å². The molecule has 98 valence electrons. The fourth-order valence-electron chi connectivity index (χ4n) is 1.88. The summed E-state index contributed by atoms with van der Waals surface area (Å²) in [5.41, 5.74) is 1.78. The van der Waals surface area contributed by atoms with Gasteiger partial charge in [-0.25, -0.2) is 0 Å². The first-order chi connectivity index (χ1) is 8.69. The zero-order chi connectivity index (χ0) is 13.0. The van der Waals surface area contributed by atoms with Gasteiger partial charge in [0.25, 0.3) is 5.91 Å². The van der Waals surface area contributed by atoms with Gasteiger partial charge >= 0.3 is 0 Å². The van der Waals surface area contributed by atoms with Crippen molar-refractivity contribution in [2.75, 3.05) is 24.7 Å². The minimum Gasteiger partial charge on any atom is -0.385 e. The van der Waals surface area contributed by atoms with E-state index in [1.807, 2.05) is 36.0 Å². The fraction of sp³-hybridized carbons (Fsp3) is 0.500. The monoisotopic (exact) mass is 264 g/mol. The van der Waals surface area contributed by atoms with E-state index in [1.165, 1.54) is 12.8 Å². The van der Waals surface area contributed by atoms with Crippen molar-refractivity contribution in [2.24, 2.45) is 0 Å². The number of thioether (sulfide) groups is 1. The van der Waals surface area contributed by atoms with E-state index in [4.69, 9.17) is 0 Å². The van der Waals surface area contributed by atoms with Crippen LogP contribution in [0, 0.1) is 0 Å². The lowest BCUT2D eigenvalue weighted by atomic mass is 10.2. The first-order valence-corrected chi connectivity index (χ1v) is 7.59. The van der Waals surface area contributed by atoms with Gasteiger partial charge in [-0.15, -0.1) is 0 Å². The molecule has 2 rings (SSSR count). The van der Waals surface area contributed by atoms with Crippen LogP contribution in [0.2, 0.25) is 0 Å². The first kappa shape index (κ1) is 13.3. The molecule has 0 bridgehead atoms. The molecule has 0 aromatic heterocycles. The van der Waals surface area contributed by atoms with Crippen LogP contribution < -0.4 is 10.6 Å². The highest BCUT2D eigenvalue weighted by molar-refractivity contribution is 8.00. The van der Waals surface area contributed by atoms with Crippen molar-refractivity contribution in [1.29, 1.82) is 0 Å². The van der Waals surface area contributed by atoms with E-state index in [2.05, 4.69) is 23.8 Å². The van der Waals surface area contributed by atoms with Gasteiger partial charge in [-0.1, -0.05) is 0 Å². The predicted octanol–water partition coefficient (Wildman–Crippen LogP) is 2.74. The Kier molecular flexibility index (Phi) is 4.17. The molecule has 18 heavy (non-hydrogen) atoms. The van der Waals surface area contributed by atoms with Crippen LogP contribution in [0.3, 0.4) is 0 Å². The number of rotatable bonds is 6. The maximum Gasteiger partial charge on any atom is 0.251 e. The molecule has 1 fully saturated rings. The Hall–Kier alpha value is -1.16. The molecule has 0 aliphatic heterocycles. The van der Waals surface area contributed by atoms with E-state index in [-0.39, 0.29) is 5.91 Å².